The summed E-state index contributed by atoms with van der Waals surface area (Å²) >= 11 is 1.58. The second kappa shape index (κ2) is 9.68. The van der Waals surface area contributed by atoms with Crippen LogP contribution in [-0.2, 0) is 14.3 Å². The Morgan fingerprint density at radius 3 is 2.62 bits per heavy atom. The fraction of sp³-hybridized carbons (Fsp3) is 0.478. The molecule has 1 fully saturated rings. The van der Waals surface area contributed by atoms with Crippen molar-refractivity contribution in [2.45, 2.75) is 64.8 Å². The Morgan fingerprint density at radius 2 is 2.06 bits per heavy atom. The number of aliphatic carboxylic acids is 1. The minimum Gasteiger partial charge on any atom is -0.480 e. The first-order chi connectivity index (χ1) is 15.0. The molecule has 0 spiro atoms. The first-order valence-electron chi connectivity index (χ1n) is 10.5. The lowest BCUT2D eigenvalue weighted by Gasteiger charge is -2.26. The van der Waals surface area contributed by atoms with E-state index in [9.17, 15) is 14.7 Å². The number of pyridine rings is 1. The van der Waals surface area contributed by atoms with Crippen molar-refractivity contribution >= 4 is 29.3 Å². The van der Waals surface area contributed by atoms with Crippen molar-refractivity contribution in [3.63, 3.8) is 0 Å². The van der Waals surface area contributed by atoms with Crippen molar-refractivity contribution < 1.29 is 24.2 Å². The van der Waals surface area contributed by atoms with Crippen LogP contribution >= 0.6 is 11.3 Å². The number of carboxylic acids is 1. The van der Waals surface area contributed by atoms with Crippen LogP contribution in [-0.4, -0.2) is 57.2 Å². The standard InChI is InChI=1S/C23H29N3O5S/c1-14(18-8-6-7-10-24-18)25-20(17-9-11-32-15(17)2)30-16-12-19(21(27)28)26(13-16)22(29)31-23(3,4)5/h6-11,14,16,19H,12-13H2,1-5H3,(H,27,28)/t14?,16-,19+/m1/s1. The molecule has 1 amide bonds. The van der Waals surface area contributed by atoms with Crippen molar-refractivity contribution in [1.29, 1.82) is 0 Å². The second-order valence-corrected chi connectivity index (χ2v) is 9.84. The van der Waals surface area contributed by atoms with E-state index < -0.39 is 29.8 Å². The van der Waals surface area contributed by atoms with Gasteiger partial charge in [0.25, 0.3) is 0 Å². The molecule has 0 bridgehead atoms. The molecule has 1 aliphatic rings. The number of likely N-dealkylation sites (tertiary alicyclic amines) is 1. The summed E-state index contributed by atoms with van der Waals surface area (Å²) in [6.45, 7) is 9.24. The molecule has 0 saturated carbocycles. The van der Waals surface area contributed by atoms with Gasteiger partial charge in [-0.05, 0) is 58.2 Å². The van der Waals surface area contributed by atoms with Crippen LogP contribution in [0.2, 0.25) is 0 Å². The molecular formula is C23H29N3O5S. The van der Waals surface area contributed by atoms with E-state index in [2.05, 4.69) is 4.98 Å². The number of aryl methyl sites for hydroxylation is 1. The maximum absolute atomic E-state index is 12.6. The summed E-state index contributed by atoms with van der Waals surface area (Å²) in [7, 11) is 0. The highest BCUT2D eigenvalue weighted by atomic mass is 32.1. The molecule has 0 aliphatic carbocycles. The number of hydrogen-bond donors (Lipinski definition) is 1. The second-order valence-electron chi connectivity index (χ2n) is 8.72. The number of aromatic nitrogens is 1. The summed E-state index contributed by atoms with van der Waals surface area (Å²) in [5.74, 6) is -0.670. The van der Waals surface area contributed by atoms with Crippen LogP contribution in [0.1, 0.15) is 56.3 Å². The van der Waals surface area contributed by atoms with Gasteiger partial charge in [0.2, 0.25) is 5.90 Å². The van der Waals surface area contributed by atoms with Gasteiger partial charge in [-0.25, -0.2) is 14.6 Å². The van der Waals surface area contributed by atoms with Gasteiger partial charge in [0, 0.05) is 23.1 Å². The smallest absolute Gasteiger partial charge is 0.411 e. The number of nitrogens with zero attached hydrogens (tertiary/aromatic N) is 3. The third-order valence-corrected chi connectivity index (χ3v) is 5.82. The zero-order chi connectivity index (χ0) is 23.5. The molecule has 1 unspecified atom stereocenters. The Morgan fingerprint density at radius 1 is 1.31 bits per heavy atom. The third kappa shape index (κ3) is 5.85. The number of rotatable bonds is 5. The lowest BCUT2D eigenvalue weighted by molar-refractivity contribution is -0.142. The van der Waals surface area contributed by atoms with Crippen molar-refractivity contribution in [2.24, 2.45) is 4.99 Å². The highest BCUT2D eigenvalue weighted by Gasteiger charge is 2.43. The van der Waals surface area contributed by atoms with E-state index >= 15 is 0 Å². The normalized spacial score (nSPS) is 20.2. The van der Waals surface area contributed by atoms with Gasteiger partial charge in [0.05, 0.1) is 18.3 Å². The Bertz CT molecular complexity index is 983. The van der Waals surface area contributed by atoms with E-state index in [0.717, 1.165) is 16.1 Å². The summed E-state index contributed by atoms with van der Waals surface area (Å²) in [5, 5.41) is 11.6. The predicted molar refractivity (Wildman–Crippen MR) is 122 cm³/mol. The topological polar surface area (TPSA) is 101 Å². The zero-order valence-corrected chi connectivity index (χ0v) is 19.8. The zero-order valence-electron chi connectivity index (χ0n) is 18.9. The van der Waals surface area contributed by atoms with Crippen LogP contribution in [0.15, 0.2) is 40.8 Å². The molecule has 3 heterocycles. The molecule has 1 saturated heterocycles. The summed E-state index contributed by atoms with van der Waals surface area (Å²) in [6.07, 6.45) is 0.667. The highest BCUT2D eigenvalue weighted by molar-refractivity contribution is 7.10. The van der Waals surface area contributed by atoms with E-state index in [1.165, 1.54) is 4.90 Å². The van der Waals surface area contributed by atoms with Gasteiger partial charge in [0.1, 0.15) is 17.7 Å². The van der Waals surface area contributed by atoms with Crippen molar-refractivity contribution in [3.05, 3.63) is 52.0 Å². The van der Waals surface area contributed by atoms with Gasteiger partial charge in [-0.15, -0.1) is 11.3 Å². The number of ether oxygens (including phenoxy) is 2. The molecule has 172 valence electrons. The van der Waals surface area contributed by atoms with Crippen LogP contribution in [0.5, 0.6) is 0 Å². The monoisotopic (exact) mass is 459 g/mol. The van der Waals surface area contributed by atoms with Gasteiger partial charge in [-0.3, -0.25) is 9.88 Å². The number of carbonyl (C=O) groups excluding carboxylic acids is 1. The Kier molecular flexibility index (Phi) is 7.18. The van der Waals surface area contributed by atoms with E-state index in [1.807, 2.05) is 43.5 Å². The minimum absolute atomic E-state index is 0.103. The minimum atomic E-state index is -1.09. The number of amides is 1. The molecule has 0 aromatic carbocycles. The summed E-state index contributed by atoms with van der Waals surface area (Å²) in [4.78, 5) is 35.8. The van der Waals surface area contributed by atoms with Crippen LogP contribution in [0, 0.1) is 6.92 Å². The van der Waals surface area contributed by atoms with Crippen molar-refractivity contribution in [1.82, 2.24) is 9.88 Å². The summed E-state index contributed by atoms with van der Waals surface area (Å²) < 4.78 is 11.6. The highest BCUT2D eigenvalue weighted by Crippen LogP contribution is 2.27. The number of carboxylic acid groups (broad SMARTS) is 1. The van der Waals surface area contributed by atoms with E-state index in [4.69, 9.17) is 14.5 Å². The fourth-order valence-corrected chi connectivity index (χ4v) is 4.12. The Balaban J connectivity index is 1.85. The molecule has 32 heavy (non-hydrogen) atoms. The molecule has 1 N–H and O–H groups in total. The first-order valence-corrected chi connectivity index (χ1v) is 11.4. The van der Waals surface area contributed by atoms with Gasteiger partial charge in [-0.2, -0.15) is 0 Å². The van der Waals surface area contributed by atoms with Gasteiger partial charge in [0.15, 0.2) is 0 Å². The van der Waals surface area contributed by atoms with Crippen molar-refractivity contribution in [2.75, 3.05) is 6.54 Å². The largest absolute Gasteiger partial charge is 0.480 e. The number of carbonyl (C=O) groups is 2. The molecule has 2 aromatic rings. The van der Waals surface area contributed by atoms with Gasteiger partial charge >= 0.3 is 12.1 Å². The maximum atomic E-state index is 12.6. The molecule has 0 radical (unpaired) electrons. The molecule has 3 atom stereocenters. The Labute approximate surface area is 191 Å². The lowest BCUT2D eigenvalue weighted by Crippen LogP contribution is -2.43. The van der Waals surface area contributed by atoms with E-state index in [1.54, 1.807) is 38.3 Å². The van der Waals surface area contributed by atoms with Crippen LogP contribution in [0.3, 0.4) is 0 Å². The van der Waals surface area contributed by atoms with Crippen LogP contribution < -0.4 is 0 Å². The fourth-order valence-electron chi connectivity index (χ4n) is 3.43. The molecular weight excluding hydrogens is 430 g/mol. The van der Waals surface area contributed by atoms with Gasteiger partial charge in [-0.1, -0.05) is 6.07 Å². The summed E-state index contributed by atoms with van der Waals surface area (Å²) in [5.41, 5.74) is 0.921. The van der Waals surface area contributed by atoms with Crippen LogP contribution in [0.25, 0.3) is 0 Å². The summed E-state index contributed by atoms with van der Waals surface area (Å²) in [6, 6.07) is 6.29. The lowest BCUT2D eigenvalue weighted by atomic mass is 10.2. The predicted octanol–water partition coefficient (Wildman–Crippen LogP) is 4.44. The third-order valence-electron chi connectivity index (χ3n) is 4.97. The molecule has 9 heteroatoms. The molecule has 3 rings (SSSR count). The van der Waals surface area contributed by atoms with E-state index in [0.29, 0.717) is 5.90 Å². The number of hydrogen-bond acceptors (Lipinski definition) is 7. The first kappa shape index (κ1) is 23.7. The Hall–Kier alpha value is -2.94. The molecule has 8 nitrogen and oxygen atoms in total. The van der Waals surface area contributed by atoms with Gasteiger partial charge < -0.3 is 14.6 Å². The SMILES string of the molecule is Cc1sccc1C(=NC(C)c1ccccn1)O[C@@H]1C[C@@H](C(=O)O)N(C(=O)OC(C)(C)C)C1. The average molecular weight is 460 g/mol. The quantitative estimate of drug-likeness (QED) is 0.524. The molecule has 2 aromatic heterocycles. The number of thiophene rings is 1. The molecule has 1 aliphatic heterocycles. The number of aliphatic imine (C=N–C) groups is 1. The van der Waals surface area contributed by atoms with Crippen LogP contribution in [0.4, 0.5) is 4.79 Å². The van der Waals surface area contributed by atoms with E-state index in [-0.39, 0.29) is 19.0 Å². The average Bonchev–Trinajstić information content (AvgIpc) is 3.33. The maximum Gasteiger partial charge on any atom is 0.411 e. The van der Waals surface area contributed by atoms with Crippen molar-refractivity contribution in [3.8, 4) is 0 Å².